The number of nitrogens with zero attached hydrogens (tertiary/aromatic N) is 2. The van der Waals surface area contributed by atoms with Crippen LogP contribution in [0.2, 0.25) is 0 Å². The Labute approximate surface area is 117 Å². The van der Waals surface area contributed by atoms with Crippen LogP contribution in [0.3, 0.4) is 0 Å². The van der Waals surface area contributed by atoms with Crippen LogP contribution in [0, 0.1) is 0 Å². The second kappa shape index (κ2) is 7.13. The quantitative estimate of drug-likeness (QED) is 0.816. The molecule has 106 valence electrons. The highest BCUT2D eigenvalue weighted by molar-refractivity contribution is 7.99. The van der Waals surface area contributed by atoms with Gasteiger partial charge in [0.05, 0.1) is 0 Å². The van der Waals surface area contributed by atoms with Gasteiger partial charge in [-0.25, -0.2) is 0 Å². The van der Waals surface area contributed by atoms with E-state index in [4.69, 9.17) is 0 Å². The van der Waals surface area contributed by atoms with Gasteiger partial charge in [0.15, 0.2) is 0 Å². The van der Waals surface area contributed by atoms with Crippen LogP contribution >= 0.6 is 11.8 Å². The molecule has 0 bridgehead atoms. The Morgan fingerprint density at radius 3 is 2.33 bits per heavy atom. The second-order valence-corrected chi connectivity index (χ2v) is 6.87. The van der Waals surface area contributed by atoms with E-state index in [1.54, 1.807) is 0 Å². The van der Waals surface area contributed by atoms with Crippen LogP contribution in [-0.4, -0.2) is 72.7 Å². The summed E-state index contributed by atoms with van der Waals surface area (Å²) in [5.74, 6) is 2.66. The lowest BCUT2D eigenvalue weighted by Gasteiger charge is -2.43. The van der Waals surface area contributed by atoms with E-state index >= 15 is 0 Å². The van der Waals surface area contributed by atoms with E-state index in [2.05, 4.69) is 40.7 Å². The Morgan fingerprint density at radius 2 is 1.67 bits per heavy atom. The van der Waals surface area contributed by atoms with Gasteiger partial charge in [0, 0.05) is 62.9 Å². The first-order valence-corrected chi connectivity index (χ1v) is 8.71. The standard InChI is InChI=1S/C14H29N3S/c1-3-14(4-2)13-17(6-5-15-14)8-7-16-9-11-18-12-10-16/h15H,3-13H2,1-2H3. The third-order valence-electron chi connectivity index (χ3n) is 4.64. The summed E-state index contributed by atoms with van der Waals surface area (Å²) in [4.78, 5) is 5.31. The van der Waals surface area contributed by atoms with E-state index in [-0.39, 0.29) is 0 Å². The molecular formula is C14H29N3S. The Morgan fingerprint density at radius 1 is 1.00 bits per heavy atom. The number of thioether (sulfide) groups is 1. The molecule has 2 aliphatic heterocycles. The third-order valence-corrected chi connectivity index (χ3v) is 5.59. The van der Waals surface area contributed by atoms with Gasteiger partial charge in [0.1, 0.15) is 0 Å². The van der Waals surface area contributed by atoms with Crippen LogP contribution in [0.4, 0.5) is 0 Å². The maximum absolute atomic E-state index is 3.74. The zero-order valence-electron chi connectivity index (χ0n) is 12.1. The Balaban J connectivity index is 1.75. The van der Waals surface area contributed by atoms with Crippen LogP contribution in [0.5, 0.6) is 0 Å². The fraction of sp³-hybridized carbons (Fsp3) is 1.00. The highest BCUT2D eigenvalue weighted by atomic mass is 32.2. The summed E-state index contributed by atoms with van der Waals surface area (Å²) in [6.45, 7) is 13.4. The van der Waals surface area contributed by atoms with Crippen LogP contribution in [-0.2, 0) is 0 Å². The van der Waals surface area contributed by atoms with Gasteiger partial charge in [-0.3, -0.25) is 4.90 Å². The molecule has 0 unspecified atom stereocenters. The molecule has 2 heterocycles. The predicted octanol–water partition coefficient (Wildman–Crippen LogP) is 1.50. The minimum Gasteiger partial charge on any atom is -0.309 e. The fourth-order valence-electron chi connectivity index (χ4n) is 3.06. The summed E-state index contributed by atoms with van der Waals surface area (Å²) in [6, 6.07) is 0. The summed E-state index contributed by atoms with van der Waals surface area (Å²) >= 11 is 2.10. The monoisotopic (exact) mass is 271 g/mol. The van der Waals surface area contributed by atoms with Crippen molar-refractivity contribution in [3.8, 4) is 0 Å². The molecule has 2 aliphatic rings. The van der Waals surface area contributed by atoms with Crippen molar-refractivity contribution in [2.45, 2.75) is 32.2 Å². The molecule has 18 heavy (non-hydrogen) atoms. The van der Waals surface area contributed by atoms with Crippen molar-refractivity contribution >= 4 is 11.8 Å². The van der Waals surface area contributed by atoms with Gasteiger partial charge in [-0.05, 0) is 12.8 Å². The van der Waals surface area contributed by atoms with Crippen molar-refractivity contribution in [2.24, 2.45) is 0 Å². The van der Waals surface area contributed by atoms with Gasteiger partial charge in [-0.1, -0.05) is 13.8 Å². The van der Waals surface area contributed by atoms with E-state index in [1.807, 2.05) is 0 Å². The van der Waals surface area contributed by atoms with E-state index < -0.39 is 0 Å². The zero-order valence-corrected chi connectivity index (χ0v) is 12.9. The summed E-state index contributed by atoms with van der Waals surface area (Å²) < 4.78 is 0. The zero-order chi connectivity index (χ0) is 12.8. The SMILES string of the molecule is CCC1(CC)CN(CCN2CCSCC2)CCN1. The largest absolute Gasteiger partial charge is 0.309 e. The second-order valence-electron chi connectivity index (χ2n) is 5.64. The third kappa shape index (κ3) is 3.86. The van der Waals surface area contributed by atoms with Crippen molar-refractivity contribution < 1.29 is 0 Å². The molecule has 2 fully saturated rings. The van der Waals surface area contributed by atoms with E-state index in [1.165, 1.54) is 63.6 Å². The molecule has 0 saturated carbocycles. The van der Waals surface area contributed by atoms with E-state index in [0.29, 0.717) is 5.54 Å². The van der Waals surface area contributed by atoms with E-state index in [9.17, 15) is 0 Å². The average Bonchev–Trinajstić information content (AvgIpc) is 2.46. The number of hydrogen-bond donors (Lipinski definition) is 1. The molecule has 2 rings (SSSR count). The maximum atomic E-state index is 3.74. The lowest BCUT2D eigenvalue weighted by Crippen LogP contribution is -2.60. The normalized spacial score (nSPS) is 26.3. The van der Waals surface area contributed by atoms with Crippen molar-refractivity contribution in [1.29, 1.82) is 0 Å². The molecule has 4 heteroatoms. The van der Waals surface area contributed by atoms with Crippen LogP contribution < -0.4 is 5.32 Å². The number of piperazine rings is 1. The summed E-state index contributed by atoms with van der Waals surface area (Å²) in [5, 5.41) is 3.74. The van der Waals surface area contributed by atoms with Gasteiger partial charge in [-0.2, -0.15) is 11.8 Å². The van der Waals surface area contributed by atoms with Crippen LogP contribution in [0.1, 0.15) is 26.7 Å². The summed E-state index contributed by atoms with van der Waals surface area (Å²) in [5.41, 5.74) is 0.385. The first-order valence-electron chi connectivity index (χ1n) is 7.55. The highest BCUT2D eigenvalue weighted by Crippen LogP contribution is 2.19. The minimum absolute atomic E-state index is 0.385. The number of rotatable bonds is 5. The molecule has 0 radical (unpaired) electrons. The fourth-order valence-corrected chi connectivity index (χ4v) is 4.04. The lowest BCUT2D eigenvalue weighted by molar-refractivity contribution is 0.111. The summed E-state index contributed by atoms with van der Waals surface area (Å²) in [6.07, 6.45) is 2.50. The van der Waals surface area contributed by atoms with Gasteiger partial charge in [0.2, 0.25) is 0 Å². The number of nitrogens with one attached hydrogen (secondary N) is 1. The average molecular weight is 271 g/mol. The van der Waals surface area contributed by atoms with Crippen molar-refractivity contribution in [3.63, 3.8) is 0 Å². The Kier molecular flexibility index (Phi) is 5.80. The molecule has 0 aromatic carbocycles. The first kappa shape index (κ1) is 14.6. The van der Waals surface area contributed by atoms with E-state index in [0.717, 1.165) is 6.54 Å². The molecule has 0 aromatic rings. The van der Waals surface area contributed by atoms with Gasteiger partial charge < -0.3 is 10.2 Å². The van der Waals surface area contributed by atoms with Crippen molar-refractivity contribution in [2.75, 3.05) is 57.3 Å². The molecular weight excluding hydrogens is 242 g/mol. The molecule has 0 atom stereocenters. The van der Waals surface area contributed by atoms with Crippen LogP contribution in [0.15, 0.2) is 0 Å². The molecule has 1 N–H and O–H groups in total. The maximum Gasteiger partial charge on any atom is 0.0304 e. The van der Waals surface area contributed by atoms with Crippen molar-refractivity contribution in [3.05, 3.63) is 0 Å². The topological polar surface area (TPSA) is 18.5 Å². The first-order chi connectivity index (χ1) is 8.78. The van der Waals surface area contributed by atoms with Gasteiger partial charge in [-0.15, -0.1) is 0 Å². The Hall–Kier alpha value is 0.230. The predicted molar refractivity (Wildman–Crippen MR) is 81.5 cm³/mol. The van der Waals surface area contributed by atoms with Crippen LogP contribution in [0.25, 0.3) is 0 Å². The lowest BCUT2D eigenvalue weighted by atomic mass is 9.90. The molecule has 2 saturated heterocycles. The van der Waals surface area contributed by atoms with Gasteiger partial charge >= 0.3 is 0 Å². The molecule has 0 amide bonds. The summed E-state index contributed by atoms with van der Waals surface area (Å²) in [7, 11) is 0. The number of hydrogen-bond acceptors (Lipinski definition) is 4. The molecule has 0 spiro atoms. The highest BCUT2D eigenvalue weighted by Gasteiger charge is 2.31. The Bertz CT molecular complexity index is 237. The van der Waals surface area contributed by atoms with Crippen molar-refractivity contribution in [1.82, 2.24) is 15.1 Å². The molecule has 0 aliphatic carbocycles. The smallest absolute Gasteiger partial charge is 0.0304 e. The van der Waals surface area contributed by atoms with Gasteiger partial charge in [0.25, 0.3) is 0 Å². The minimum atomic E-state index is 0.385. The molecule has 3 nitrogen and oxygen atoms in total. The molecule has 0 aromatic heterocycles.